The number of hydrogen-bond donors (Lipinski definition) is 1. The molecule has 0 spiro atoms. The highest BCUT2D eigenvalue weighted by Crippen LogP contribution is 2.26. The van der Waals surface area contributed by atoms with Crippen molar-refractivity contribution in [2.45, 2.75) is 37.7 Å². The Morgan fingerprint density at radius 2 is 2.56 bits per heavy atom. The van der Waals surface area contributed by atoms with Crippen molar-refractivity contribution in [3.8, 4) is 0 Å². The van der Waals surface area contributed by atoms with Crippen molar-refractivity contribution in [1.29, 1.82) is 0 Å². The zero-order valence-corrected chi connectivity index (χ0v) is 10.4. The average Bonchev–Trinajstić information content (AvgIpc) is 2.83. The lowest BCUT2D eigenvalue weighted by Gasteiger charge is -2.13. The molecule has 0 saturated carbocycles. The molecule has 0 aromatic carbocycles. The Kier molecular flexibility index (Phi) is 4.12. The molecule has 0 aliphatic carbocycles. The number of nitrogens with two attached hydrogens (primary N) is 1. The van der Waals surface area contributed by atoms with Gasteiger partial charge in [-0.1, -0.05) is 0 Å². The summed E-state index contributed by atoms with van der Waals surface area (Å²) < 4.78 is 7.44. The number of nitrogen functional groups attached to an aromatic ring is 1. The van der Waals surface area contributed by atoms with Gasteiger partial charge in [-0.15, -0.1) is 0 Å². The van der Waals surface area contributed by atoms with Crippen LogP contribution in [-0.4, -0.2) is 33.5 Å². The molecule has 2 heterocycles. The van der Waals surface area contributed by atoms with Crippen LogP contribution >= 0.6 is 11.8 Å². The molecule has 0 bridgehead atoms. The van der Waals surface area contributed by atoms with Crippen molar-refractivity contribution in [3.63, 3.8) is 0 Å². The van der Waals surface area contributed by atoms with Gasteiger partial charge in [-0.2, -0.15) is 16.9 Å². The summed E-state index contributed by atoms with van der Waals surface area (Å²) in [5, 5.41) is 4.84. The highest BCUT2D eigenvalue weighted by molar-refractivity contribution is 7.99. The Bertz CT molecular complexity index is 329. The smallest absolute Gasteiger partial charge is 0.145 e. The van der Waals surface area contributed by atoms with Gasteiger partial charge >= 0.3 is 0 Å². The van der Waals surface area contributed by atoms with E-state index in [-0.39, 0.29) is 0 Å². The molecule has 1 saturated heterocycles. The van der Waals surface area contributed by atoms with E-state index < -0.39 is 0 Å². The molecule has 1 aromatic heterocycles. The van der Waals surface area contributed by atoms with Gasteiger partial charge in [0.05, 0.1) is 6.10 Å². The van der Waals surface area contributed by atoms with Gasteiger partial charge in [-0.05, 0) is 31.6 Å². The van der Waals surface area contributed by atoms with Crippen LogP contribution in [0.2, 0.25) is 0 Å². The van der Waals surface area contributed by atoms with Gasteiger partial charge in [0.25, 0.3) is 0 Å². The van der Waals surface area contributed by atoms with Gasteiger partial charge in [0.2, 0.25) is 0 Å². The van der Waals surface area contributed by atoms with Gasteiger partial charge in [-0.3, -0.25) is 4.68 Å². The predicted octanol–water partition coefficient (Wildman–Crippen LogP) is 1.77. The third kappa shape index (κ3) is 3.15. The molecule has 5 heteroatoms. The van der Waals surface area contributed by atoms with Crippen LogP contribution in [0.3, 0.4) is 0 Å². The summed E-state index contributed by atoms with van der Waals surface area (Å²) in [6.45, 7) is 4.04. The zero-order chi connectivity index (χ0) is 11.4. The molecule has 1 aliphatic rings. The molecule has 1 aromatic rings. The first-order chi connectivity index (χ1) is 7.75. The second kappa shape index (κ2) is 5.59. The van der Waals surface area contributed by atoms with Crippen LogP contribution in [0.25, 0.3) is 0 Å². The Hall–Kier alpha value is -0.680. The number of nitrogens with zero attached hydrogens (tertiary/aromatic N) is 2. The Morgan fingerprint density at radius 1 is 1.69 bits per heavy atom. The van der Waals surface area contributed by atoms with Crippen LogP contribution in [0.5, 0.6) is 0 Å². The van der Waals surface area contributed by atoms with Crippen LogP contribution < -0.4 is 5.73 Å². The minimum Gasteiger partial charge on any atom is -0.382 e. The molecule has 2 atom stereocenters. The van der Waals surface area contributed by atoms with Gasteiger partial charge in [0.15, 0.2) is 0 Å². The molecule has 90 valence electrons. The SMILES string of the molecule is CC1OCCC1SCCCn1ccc(N)n1. The van der Waals surface area contributed by atoms with Crippen molar-refractivity contribution in [2.75, 3.05) is 18.1 Å². The number of thioether (sulfide) groups is 1. The van der Waals surface area contributed by atoms with Crippen molar-refractivity contribution < 1.29 is 4.74 Å². The minimum atomic E-state index is 0.422. The fraction of sp³-hybridized carbons (Fsp3) is 0.727. The van der Waals surface area contributed by atoms with Crippen molar-refractivity contribution >= 4 is 17.6 Å². The molecule has 4 nitrogen and oxygen atoms in total. The lowest BCUT2D eigenvalue weighted by Crippen LogP contribution is -2.14. The molecule has 0 radical (unpaired) electrons. The number of rotatable bonds is 5. The summed E-state index contributed by atoms with van der Waals surface area (Å²) in [7, 11) is 0. The van der Waals surface area contributed by atoms with E-state index in [9.17, 15) is 0 Å². The molecule has 16 heavy (non-hydrogen) atoms. The van der Waals surface area contributed by atoms with Crippen LogP contribution in [-0.2, 0) is 11.3 Å². The first-order valence-corrected chi connectivity index (χ1v) is 6.83. The summed E-state index contributed by atoms with van der Waals surface area (Å²) in [6, 6.07) is 1.83. The Labute approximate surface area is 101 Å². The summed E-state index contributed by atoms with van der Waals surface area (Å²) in [5.74, 6) is 1.77. The molecular formula is C11H19N3OS. The lowest BCUT2D eigenvalue weighted by molar-refractivity contribution is 0.127. The van der Waals surface area contributed by atoms with E-state index in [0.29, 0.717) is 17.2 Å². The van der Waals surface area contributed by atoms with E-state index in [2.05, 4.69) is 12.0 Å². The first kappa shape index (κ1) is 11.8. The largest absolute Gasteiger partial charge is 0.382 e. The van der Waals surface area contributed by atoms with Crippen molar-refractivity contribution in [1.82, 2.24) is 9.78 Å². The first-order valence-electron chi connectivity index (χ1n) is 5.78. The summed E-state index contributed by atoms with van der Waals surface area (Å²) in [5.41, 5.74) is 5.55. The summed E-state index contributed by atoms with van der Waals surface area (Å²) >= 11 is 2.02. The monoisotopic (exact) mass is 241 g/mol. The minimum absolute atomic E-state index is 0.422. The zero-order valence-electron chi connectivity index (χ0n) is 9.63. The molecule has 2 rings (SSSR count). The number of hydrogen-bond acceptors (Lipinski definition) is 4. The van der Waals surface area contributed by atoms with E-state index in [4.69, 9.17) is 10.5 Å². The van der Waals surface area contributed by atoms with Crippen LogP contribution in [0.15, 0.2) is 12.3 Å². The third-order valence-corrected chi connectivity index (χ3v) is 4.40. The number of anilines is 1. The van der Waals surface area contributed by atoms with Crippen LogP contribution in [0.4, 0.5) is 5.82 Å². The molecular weight excluding hydrogens is 222 g/mol. The standard InChI is InChI=1S/C11H19N3OS/c1-9-10(4-7-15-9)16-8-2-5-14-6-3-11(12)13-14/h3,6,9-10H,2,4-5,7-8H2,1H3,(H2,12,13). The fourth-order valence-corrected chi connectivity index (χ4v) is 3.11. The van der Waals surface area contributed by atoms with E-state index in [1.165, 1.54) is 6.42 Å². The van der Waals surface area contributed by atoms with E-state index in [0.717, 1.165) is 25.3 Å². The highest BCUT2D eigenvalue weighted by Gasteiger charge is 2.23. The van der Waals surface area contributed by atoms with E-state index >= 15 is 0 Å². The Balaban J connectivity index is 1.61. The topological polar surface area (TPSA) is 53.1 Å². The van der Waals surface area contributed by atoms with E-state index in [1.54, 1.807) is 0 Å². The normalized spacial score (nSPS) is 25.1. The maximum atomic E-state index is 5.55. The van der Waals surface area contributed by atoms with Gasteiger partial charge in [0.1, 0.15) is 5.82 Å². The highest BCUT2D eigenvalue weighted by atomic mass is 32.2. The van der Waals surface area contributed by atoms with Crippen molar-refractivity contribution in [2.24, 2.45) is 0 Å². The lowest BCUT2D eigenvalue weighted by atomic mass is 10.3. The van der Waals surface area contributed by atoms with E-state index in [1.807, 2.05) is 28.7 Å². The third-order valence-electron chi connectivity index (χ3n) is 2.83. The molecule has 0 amide bonds. The molecule has 1 aliphatic heterocycles. The number of ether oxygens (including phenoxy) is 1. The summed E-state index contributed by atoms with van der Waals surface area (Å²) in [4.78, 5) is 0. The number of aryl methyl sites for hydroxylation is 1. The summed E-state index contributed by atoms with van der Waals surface area (Å²) in [6.07, 6.45) is 4.68. The van der Waals surface area contributed by atoms with Gasteiger partial charge < -0.3 is 10.5 Å². The average molecular weight is 241 g/mol. The van der Waals surface area contributed by atoms with Crippen LogP contribution in [0, 0.1) is 0 Å². The van der Waals surface area contributed by atoms with Crippen LogP contribution in [0.1, 0.15) is 19.8 Å². The molecule has 2 unspecified atom stereocenters. The maximum Gasteiger partial charge on any atom is 0.145 e. The number of aromatic nitrogens is 2. The fourth-order valence-electron chi connectivity index (χ4n) is 1.89. The molecule has 1 fully saturated rings. The second-order valence-electron chi connectivity index (χ2n) is 4.13. The second-order valence-corrected chi connectivity index (χ2v) is 5.48. The van der Waals surface area contributed by atoms with Gasteiger partial charge in [-0.25, -0.2) is 0 Å². The quantitative estimate of drug-likeness (QED) is 0.798. The van der Waals surface area contributed by atoms with Crippen molar-refractivity contribution in [3.05, 3.63) is 12.3 Å². The maximum absolute atomic E-state index is 5.55. The Morgan fingerprint density at radius 3 is 3.19 bits per heavy atom. The predicted molar refractivity (Wildman–Crippen MR) is 67.5 cm³/mol. The molecule has 2 N–H and O–H groups in total. The van der Waals surface area contributed by atoms with Gasteiger partial charge in [0, 0.05) is 24.6 Å².